The number of hydrogen-bond acceptors (Lipinski definition) is 5. The Hall–Kier alpha value is -1.80. The quantitative estimate of drug-likeness (QED) is 0.771. The van der Waals surface area contributed by atoms with Gasteiger partial charge in [-0.3, -0.25) is 14.6 Å². The molecule has 0 amide bonds. The zero-order chi connectivity index (χ0) is 19.3. The number of nitrogens with one attached hydrogen (secondary N) is 1. The summed E-state index contributed by atoms with van der Waals surface area (Å²) in [7, 11) is -4.11. The molecule has 2 aliphatic carbocycles. The number of sulfonamides is 1. The number of ketones is 1. The highest BCUT2D eigenvalue weighted by Gasteiger charge is 2.69. The van der Waals surface area contributed by atoms with Crippen molar-refractivity contribution in [2.45, 2.75) is 51.3 Å². The summed E-state index contributed by atoms with van der Waals surface area (Å²) < 4.78 is 28.2. The van der Waals surface area contributed by atoms with Crippen molar-refractivity contribution in [1.29, 1.82) is 0 Å². The number of carboxylic acid groups (broad SMARTS) is 1. The Balaban J connectivity index is 1.86. The average molecular weight is 380 g/mol. The van der Waals surface area contributed by atoms with Gasteiger partial charge in [0.1, 0.15) is 11.3 Å². The highest BCUT2D eigenvalue weighted by atomic mass is 32.2. The van der Waals surface area contributed by atoms with E-state index in [1.165, 1.54) is 6.20 Å². The van der Waals surface area contributed by atoms with Crippen LogP contribution in [0.1, 0.15) is 39.2 Å². The molecule has 4 atom stereocenters. The van der Waals surface area contributed by atoms with E-state index in [4.69, 9.17) is 0 Å². The molecule has 3 unspecified atom stereocenters. The molecular formula is C18H24N2O5S. The first-order valence-electron chi connectivity index (χ1n) is 8.68. The lowest BCUT2D eigenvalue weighted by atomic mass is 9.70. The SMILES string of the molecule is CC12CCC(C(S(=O)(=O)N[C@H](Cc3cccnc3)C(=O)O)C1=O)C2(C)C. The van der Waals surface area contributed by atoms with Crippen LogP contribution in [-0.2, 0) is 26.0 Å². The molecule has 3 rings (SSSR count). The van der Waals surface area contributed by atoms with Crippen molar-refractivity contribution in [1.82, 2.24) is 9.71 Å². The van der Waals surface area contributed by atoms with Crippen molar-refractivity contribution >= 4 is 21.8 Å². The maximum atomic E-state index is 13.0. The molecule has 1 heterocycles. The van der Waals surface area contributed by atoms with Gasteiger partial charge in [-0.2, -0.15) is 4.72 Å². The summed E-state index contributed by atoms with van der Waals surface area (Å²) in [6.45, 7) is 5.69. The monoisotopic (exact) mass is 380 g/mol. The summed E-state index contributed by atoms with van der Waals surface area (Å²) in [6, 6.07) is 2.00. The number of nitrogens with zero attached hydrogens (tertiary/aromatic N) is 1. The number of Topliss-reactive ketones (excluding diaryl/α,β-unsaturated/α-hetero) is 1. The van der Waals surface area contributed by atoms with E-state index in [2.05, 4.69) is 9.71 Å². The van der Waals surface area contributed by atoms with Crippen LogP contribution in [0.25, 0.3) is 0 Å². The molecule has 0 spiro atoms. The minimum atomic E-state index is -4.11. The van der Waals surface area contributed by atoms with E-state index in [-0.39, 0.29) is 18.1 Å². The van der Waals surface area contributed by atoms with Crippen molar-refractivity contribution < 1.29 is 23.1 Å². The first kappa shape index (κ1) is 19.0. The number of aromatic nitrogens is 1. The fraction of sp³-hybridized carbons (Fsp3) is 0.611. The highest BCUT2D eigenvalue weighted by Crippen LogP contribution is 2.64. The minimum absolute atomic E-state index is 0.0331. The molecule has 2 saturated carbocycles. The standard InChI is InChI=1S/C18H24N2O5S/c1-17(2)12-6-7-18(17,3)15(21)14(12)26(24,25)20-13(16(22)23)9-11-5-4-8-19-10-11/h4-5,8,10,12-14,20H,6-7,9H2,1-3H3,(H,22,23)/t12?,13-,14?,18?/m1/s1. The number of carbonyl (C=O) groups excluding carboxylic acids is 1. The molecule has 142 valence electrons. The number of rotatable bonds is 6. The topological polar surface area (TPSA) is 113 Å². The van der Waals surface area contributed by atoms with Gasteiger partial charge >= 0.3 is 5.97 Å². The number of carbonyl (C=O) groups is 2. The molecule has 2 aliphatic rings. The van der Waals surface area contributed by atoms with Gasteiger partial charge in [0.25, 0.3) is 0 Å². The predicted molar refractivity (Wildman–Crippen MR) is 94.8 cm³/mol. The van der Waals surface area contributed by atoms with Crippen LogP contribution in [0, 0.1) is 16.7 Å². The van der Waals surface area contributed by atoms with E-state index in [0.29, 0.717) is 18.4 Å². The van der Waals surface area contributed by atoms with Gasteiger partial charge < -0.3 is 5.11 Å². The second-order valence-corrected chi connectivity index (χ2v) is 9.94. The van der Waals surface area contributed by atoms with Crippen molar-refractivity contribution in [3.63, 3.8) is 0 Å². The molecule has 2 fully saturated rings. The molecule has 0 radical (unpaired) electrons. The fourth-order valence-electron chi connectivity index (χ4n) is 4.57. The summed E-state index contributed by atoms with van der Waals surface area (Å²) in [5, 5.41) is 8.27. The summed E-state index contributed by atoms with van der Waals surface area (Å²) in [5.74, 6) is -1.87. The third-order valence-corrected chi connectivity index (χ3v) is 8.40. The third kappa shape index (κ3) is 2.75. The lowest BCUT2D eigenvalue weighted by Crippen LogP contribution is -2.50. The summed E-state index contributed by atoms with van der Waals surface area (Å²) in [5.41, 5.74) is -0.501. The molecule has 0 saturated heterocycles. The lowest BCUT2D eigenvalue weighted by Gasteiger charge is -2.32. The lowest BCUT2D eigenvalue weighted by molar-refractivity contribution is -0.139. The number of hydrogen-bond donors (Lipinski definition) is 2. The van der Waals surface area contributed by atoms with Crippen molar-refractivity contribution in [2.75, 3.05) is 0 Å². The highest BCUT2D eigenvalue weighted by molar-refractivity contribution is 7.91. The van der Waals surface area contributed by atoms with Crippen LogP contribution >= 0.6 is 0 Å². The van der Waals surface area contributed by atoms with Crippen LogP contribution in [0.4, 0.5) is 0 Å². The number of pyridine rings is 1. The Bertz CT molecular complexity index is 836. The summed E-state index contributed by atoms with van der Waals surface area (Å²) in [4.78, 5) is 28.4. The van der Waals surface area contributed by atoms with E-state index in [1.807, 2.05) is 20.8 Å². The zero-order valence-electron chi connectivity index (χ0n) is 15.1. The number of fused-ring (bicyclic) bond motifs is 2. The Kier molecular flexibility index (Phi) is 4.47. The van der Waals surface area contributed by atoms with Crippen LogP contribution < -0.4 is 4.72 Å². The van der Waals surface area contributed by atoms with E-state index < -0.39 is 38.1 Å². The van der Waals surface area contributed by atoms with Crippen LogP contribution in [0.2, 0.25) is 0 Å². The fourth-order valence-corrected chi connectivity index (χ4v) is 6.74. The molecule has 1 aromatic heterocycles. The second-order valence-electron chi connectivity index (χ2n) is 8.10. The third-order valence-electron chi connectivity index (χ3n) is 6.57. The van der Waals surface area contributed by atoms with Crippen LogP contribution in [0.5, 0.6) is 0 Å². The molecule has 2 N–H and O–H groups in total. The minimum Gasteiger partial charge on any atom is -0.480 e. The second kappa shape index (κ2) is 6.13. The average Bonchev–Trinajstić information content (AvgIpc) is 2.87. The van der Waals surface area contributed by atoms with Gasteiger partial charge in [-0.15, -0.1) is 0 Å². The Morgan fingerprint density at radius 1 is 1.42 bits per heavy atom. The maximum absolute atomic E-state index is 13.0. The Morgan fingerprint density at radius 2 is 2.12 bits per heavy atom. The van der Waals surface area contributed by atoms with Crippen molar-refractivity contribution in [2.24, 2.45) is 16.7 Å². The van der Waals surface area contributed by atoms with Crippen LogP contribution in [0.3, 0.4) is 0 Å². The van der Waals surface area contributed by atoms with Gasteiger partial charge in [-0.25, -0.2) is 8.42 Å². The first-order chi connectivity index (χ1) is 12.0. The van der Waals surface area contributed by atoms with Gasteiger partial charge in [0.2, 0.25) is 10.0 Å². The summed E-state index contributed by atoms with van der Waals surface area (Å²) >= 11 is 0. The molecule has 8 heteroatoms. The van der Waals surface area contributed by atoms with Crippen LogP contribution in [-0.4, -0.2) is 41.6 Å². The molecule has 0 aliphatic heterocycles. The predicted octanol–water partition coefficient (Wildman–Crippen LogP) is 1.39. The van der Waals surface area contributed by atoms with Gasteiger partial charge in [-0.1, -0.05) is 26.8 Å². The summed E-state index contributed by atoms with van der Waals surface area (Å²) in [6.07, 6.45) is 4.35. The molecule has 2 bridgehead atoms. The normalized spacial score (nSPS) is 31.1. The first-order valence-corrected chi connectivity index (χ1v) is 10.2. The van der Waals surface area contributed by atoms with E-state index >= 15 is 0 Å². The van der Waals surface area contributed by atoms with Gasteiger partial charge in [0.15, 0.2) is 5.78 Å². The number of aliphatic carboxylic acids is 1. The Morgan fingerprint density at radius 3 is 2.62 bits per heavy atom. The molecule has 7 nitrogen and oxygen atoms in total. The Labute approximate surface area is 153 Å². The van der Waals surface area contributed by atoms with Gasteiger partial charge in [0, 0.05) is 24.2 Å². The van der Waals surface area contributed by atoms with E-state index in [9.17, 15) is 23.1 Å². The van der Waals surface area contributed by atoms with E-state index in [1.54, 1.807) is 18.3 Å². The molecular weight excluding hydrogens is 356 g/mol. The number of carboxylic acids is 1. The molecule has 26 heavy (non-hydrogen) atoms. The molecule has 0 aromatic carbocycles. The molecule has 1 aromatic rings. The van der Waals surface area contributed by atoms with E-state index in [0.717, 1.165) is 0 Å². The van der Waals surface area contributed by atoms with Crippen molar-refractivity contribution in [3.8, 4) is 0 Å². The largest absolute Gasteiger partial charge is 0.480 e. The van der Waals surface area contributed by atoms with Crippen LogP contribution in [0.15, 0.2) is 24.5 Å². The maximum Gasteiger partial charge on any atom is 0.322 e. The van der Waals surface area contributed by atoms with Gasteiger partial charge in [0.05, 0.1) is 0 Å². The zero-order valence-corrected chi connectivity index (χ0v) is 15.9. The van der Waals surface area contributed by atoms with Crippen molar-refractivity contribution in [3.05, 3.63) is 30.1 Å². The smallest absolute Gasteiger partial charge is 0.322 e. The van der Waals surface area contributed by atoms with Gasteiger partial charge in [-0.05, 0) is 35.8 Å².